The zero-order valence-electron chi connectivity index (χ0n) is 13.6. The Hall–Kier alpha value is 0.697. The fourth-order valence-electron chi connectivity index (χ4n) is 4.49. The first kappa shape index (κ1) is 17.1. The Morgan fingerprint density at radius 3 is 1.95 bits per heavy atom. The molecule has 0 unspecified atom stereocenters. The molecule has 1 heterocycles. The highest BCUT2D eigenvalue weighted by Crippen LogP contribution is 2.34. The first-order valence-electron chi connectivity index (χ1n) is 9.42. The van der Waals surface area contributed by atoms with Crippen molar-refractivity contribution in [2.24, 2.45) is 11.8 Å². The number of unbranched alkanes of at least 4 members (excludes halogenated alkanes) is 1. The summed E-state index contributed by atoms with van der Waals surface area (Å²) < 4.78 is 0. The molecule has 0 nitrogen and oxygen atoms in total. The minimum Gasteiger partial charge on any atom is -0.0891 e. The summed E-state index contributed by atoms with van der Waals surface area (Å²) in [5, 5.41) is 0. The molecular formula is C18H35BrSi. The van der Waals surface area contributed by atoms with Crippen molar-refractivity contribution in [2.75, 3.05) is 0 Å². The van der Waals surface area contributed by atoms with Crippen LogP contribution in [0.3, 0.4) is 0 Å². The Bertz CT molecular complexity index is 240. The van der Waals surface area contributed by atoms with Gasteiger partial charge in [-0.3, -0.25) is 0 Å². The van der Waals surface area contributed by atoms with Crippen molar-refractivity contribution < 1.29 is 0 Å². The van der Waals surface area contributed by atoms with E-state index in [4.69, 9.17) is 0 Å². The summed E-state index contributed by atoms with van der Waals surface area (Å²) in [6.07, 6.45) is 16.6. The monoisotopic (exact) mass is 358 g/mol. The van der Waals surface area contributed by atoms with E-state index in [2.05, 4.69) is 22.9 Å². The van der Waals surface area contributed by atoms with E-state index < -0.39 is 0 Å². The highest BCUT2D eigenvalue weighted by Gasteiger charge is 2.22. The van der Waals surface area contributed by atoms with Crippen molar-refractivity contribution >= 4 is 24.7 Å². The fourth-order valence-corrected chi connectivity index (χ4v) is 8.59. The van der Waals surface area contributed by atoms with Crippen LogP contribution in [0.15, 0.2) is 0 Å². The molecule has 0 spiro atoms. The van der Waals surface area contributed by atoms with Gasteiger partial charge in [-0.15, -0.1) is 0 Å². The molecule has 1 aliphatic carbocycles. The first-order chi connectivity index (χ1) is 9.78. The molecular weight excluding hydrogens is 324 g/mol. The van der Waals surface area contributed by atoms with Gasteiger partial charge in [-0.1, -0.05) is 85.9 Å². The number of hydrogen-bond acceptors (Lipinski definition) is 0. The Labute approximate surface area is 137 Å². The van der Waals surface area contributed by atoms with Gasteiger partial charge in [-0.25, -0.2) is 0 Å². The lowest BCUT2D eigenvalue weighted by Crippen LogP contribution is -2.21. The van der Waals surface area contributed by atoms with E-state index in [1.807, 2.05) is 0 Å². The standard InChI is InChI=1S/C18H35BrSi/c1-2-13-20-14-11-17(12-15-20)6-4-3-5-16-7-9-18(19)10-8-16/h16-18,20H,2-15H2,1H3. The van der Waals surface area contributed by atoms with Crippen molar-refractivity contribution in [1.82, 2.24) is 0 Å². The van der Waals surface area contributed by atoms with Crippen LogP contribution in [0.5, 0.6) is 0 Å². The number of alkyl halides is 1. The predicted octanol–water partition coefficient (Wildman–Crippen LogP) is 6.55. The molecule has 0 atom stereocenters. The Morgan fingerprint density at radius 2 is 1.40 bits per heavy atom. The minimum absolute atomic E-state index is 0.239. The van der Waals surface area contributed by atoms with Crippen LogP contribution in [-0.2, 0) is 0 Å². The lowest BCUT2D eigenvalue weighted by Gasteiger charge is -2.28. The number of hydrogen-bond donors (Lipinski definition) is 0. The Morgan fingerprint density at radius 1 is 0.850 bits per heavy atom. The summed E-state index contributed by atoms with van der Waals surface area (Å²) in [5.41, 5.74) is 0. The van der Waals surface area contributed by atoms with E-state index in [0.29, 0.717) is 0 Å². The van der Waals surface area contributed by atoms with Gasteiger partial charge >= 0.3 is 0 Å². The maximum absolute atomic E-state index is 3.77. The highest BCUT2D eigenvalue weighted by molar-refractivity contribution is 9.09. The minimum atomic E-state index is -0.239. The van der Waals surface area contributed by atoms with E-state index in [1.54, 1.807) is 37.4 Å². The molecule has 2 rings (SSSR count). The molecule has 0 radical (unpaired) electrons. The summed E-state index contributed by atoms with van der Waals surface area (Å²) >= 11 is 3.77. The average Bonchev–Trinajstić information content (AvgIpc) is 2.47. The topological polar surface area (TPSA) is 0 Å². The quantitative estimate of drug-likeness (QED) is 0.275. The molecule has 2 heteroatoms. The van der Waals surface area contributed by atoms with Crippen molar-refractivity contribution in [1.29, 1.82) is 0 Å². The summed E-state index contributed by atoms with van der Waals surface area (Å²) in [6, 6.07) is 4.98. The Kier molecular flexibility index (Phi) is 8.24. The van der Waals surface area contributed by atoms with Gasteiger partial charge in [0, 0.05) is 13.6 Å². The first-order valence-corrected chi connectivity index (χ1v) is 12.8. The van der Waals surface area contributed by atoms with E-state index in [0.717, 1.165) is 16.7 Å². The van der Waals surface area contributed by atoms with E-state index in [9.17, 15) is 0 Å². The van der Waals surface area contributed by atoms with Gasteiger partial charge in [0.05, 0.1) is 0 Å². The predicted molar refractivity (Wildman–Crippen MR) is 97.7 cm³/mol. The van der Waals surface area contributed by atoms with Crippen LogP contribution in [0, 0.1) is 11.8 Å². The molecule has 0 aromatic rings. The molecule has 1 aliphatic heterocycles. The smallest absolute Gasteiger partial charge is 0.0367 e. The second kappa shape index (κ2) is 9.66. The van der Waals surface area contributed by atoms with Crippen LogP contribution in [0.1, 0.15) is 77.6 Å². The molecule has 1 saturated carbocycles. The summed E-state index contributed by atoms with van der Waals surface area (Å²) in [6.45, 7) is 2.38. The normalized spacial score (nSPS) is 35.1. The van der Waals surface area contributed by atoms with Crippen LogP contribution >= 0.6 is 15.9 Å². The van der Waals surface area contributed by atoms with E-state index in [1.165, 1.54) is 51.4 Å². The van der Waals surface area contributed by atoms with Crippen molar-refractivity contribution in [3.8, 4) is 0 Å². The van der Waals surface area contributed by atoms with Gasteiger partial charge in [0.1, 0.15) is 0 Å². The second-order valence-corrected chi connectivity index (χ2v) is 12.3. The van der Waals surface area contributed by atoms with E-state index >= 15 is 0 Å². The third kappa shape index (κ3) is 6.21. The SMILES string of the molecule is CCC[SiH]1CCC(CCCCC2CCC(Br)CC2)CC1. The maximum atomic E-state index is 3.77. The summed E-state index contributed by atoms with van der Waals surface area (Å²) in [5.74, 6) is 2.19. The van der Waals surface area contributed by atoms with Crippen LogP contribution in [-0.4, -0.2) is 13.6 Å². The third-order valence-electron chi connectivity index (χ3n) is 5.91. The maximum Gasteiger partial charge on any atom is 0.0367 e. The lowest BCUT2D eigenvalue weighted by molar-refractivity contribution is 0.327. The lowest BCUT2D eigenvalue weighted by atomic mass is 9.85. The number of rotatable bonds is 7. The highest BCUT2D eigenvalue weighted by atomic mass is 79.9. The molecule has 2 fully saturated rings. The molecule has 0 bridgehead atoms. The van der Waals surface area contributed by atoms with Gasteiger partial charge in [0.2, 0.25) is 0 Å². The molecule has 0 aromatic carbocycles. The molecule has 2 aliphatic rings. The fraction of sp³-hybridized carbons (Fsp3) is 1.00. The van der Waals surface area contributed by atoms with Gasteiger partial charge in [-0.2, -0.15) is 0 Å². The zero-order chi connectivity index (χ0) is 14.2. The second-order valence-electron chi connectivity index (χ2n) is 7.58. The van der Waals surface area contributed by atoms with Crippen molar-refractivity contribution in [3.05, 3.63) is 0 Å². The average molecular weight is 359 g/mol. The third-order valence-corrected chi connectivity index (χ3v) is 10.5. The van der Waals surface area contributed by atoms with Crippen molar-refractivity contribution in [3.63, 3.8) is 0 Å². The summed E-state index contributed by atoms with van der Waals surface area (Å²) in [4.78, 5) is 0.834. The molecule has 20 heavy (non-hydrogen) atoms. The molecule has 0 aromatic heterocycles. The Balaban J connectivity index is 1.47. The molecule has 0 amide bonds. The van der Waals surface area contributed by atoms with Gasteiger partial charge < -0.3 is 0 Å². The van der Waals surface area contributed by atoms with Crippen molar-refractivity contribution in [2.45, 2.75) is 101 Å². The molecule has 0 N–H and O–H groups in total. The van der Waals surface area contributed by atoms with Crippen LogP contribution in [0.4, 0.5) is 0 Å². The van der Waals surface area contributed by atoms with Crippen LogP contribution in [0.25, 0.3) is 0 Å². The summed E-state index contributed by atoms with van der Waals surface area (Å²) in [7, 11) is -0.239. The molecule has 1 saturated heterocycles. The van der Waals surface area contributed by atoms with Gasteiger partial charge in [-0.05, 0) is 37.5 Å². The van der Waals surface area contributed by atoms with E-state index in [-0.39, 0.29) is 8.80 Å². The zero-order valence-corrected chi connectivity index (χ0v) is 16.3. The van der Waals surface area contributed by atoms with Gasteiger partial charge in [0.15, 0.2) is 0 Å². The molecule has 118 valence electrons. The van der Waals surface area contributed by atoms with Gasteiger partial charge in [0.25, 0.3) is 0 Å². The number of halogens is 1. The van der Waals surface area contributed by atoms with Crippen LogP contribution in [0.2, 0.25) is 18.1 Å². The largest absolute Gasteiger partial charge is 0.0891 e. The van der Waals surface area contributed by atoms with Crippen LogP contribution < -0.4 is 0 Å².